The molecule has 0 radical (unpaired) electrons. The lowest BCUT2D eigenvalue weighted by molar-refractivity contribution is 0.304. The van der Waals surface area contributed by atoms with E-state index in [0.29, 0.717) is 0 Å². The monoisotopic (exact) mass is 313 g/mol. The van der Waals surface area contributed by atoms with E-state index in [2.05, 4.69) is 38.6 Å². The van der Waals surface area contributed by atoms with Gasteiger partial charge in [0.2, 0.25) is 0 Å². The molecule has 0 amide bonds. The Morgan fingerprint density at radius 3 is 2.48 bits per heavy atom. The second kappa shape index (κ2) is 5.60. The molecule has 4 rings (SSSR count). The van der Waals surface area contributed by atoms with Gasteiger partial charge in [0.15, 0.2) is 5.89 Å². The molecule has 2 aliphatic rings. The van der Waals surface area contributed by atoms with Crippen LogP contribution in [0.15, 0.2) is 17.0 Å². The van der Waals surface area contributed by atoms with Gasteiger partial charge in [-0.25, -0.2) is 15.0 Å². The zero-order valence-electron chi connectivity index (χ0n) is 14.0. The topological polar surface area (TPSA) is 58.3 Å². The van der Waals surface area contributed by atoms with Gasteiger partial charge in [0.05, 0.1) is 5.69 Å². The maximum atomic E-state index is 5.31. The zero-order chi connectivity index (χ0) is 16.0. The lowest BCUT2D eigenvalue weighted by atomic mass is 10.0. The highest BCUT2D eigenvalue weighted by Gasteiger charge is 2.40. The molecule has 4 heterocycles. The highest BCUT2D eigenvalue weighted by molar-refractivity contribution is 5.48. The minimum atomic E-state index is 0.720. The van der Waals surface area contributed by atoms with Crippen LogP contribution in [0.25, 0.3) is 0 Å². The largest absolute Gasteiger partial charge is 0.449 e. The predicted molar refractivity (Wildman–Crippen MR) is 87.2 cm³/mol. The van der Waals surface area contributed by atoms with Crippen molar-refractivity contribution >= 4 is 5.82 Å². The van der Waals surface area contributed by atoms with Gasteiger partial charge in [-0.1, -0.05) is 0 Å². The van der Waals surface area contributed by atoms with Gasteiger partial charge in [0.25, 0.3) is 0 Å². The zero-order valence-corrected chi connectivity index (χ0v) is 14.0. The van der Waals surface area contributed by atoms with Gasteiger partial charge in [-0.3, -0.25) is 4.90 Å². The third-order valence-corrected chi connectivity index (χ3v) is 5.22. The molecule has 0 spiro atoms. The molecule has 6 nitrogen and oxygen atoms in total. The number of aryl methyl sites for hydroxylation is 2. The molecule has 2 aromatic heterocycles. The summed E-state index contributed by atoms with van der Waals surface area (Å²) in [5.74, 6) is 3.31. The summed E-state index contributed by atoms with van der Waals surface area (Å²) in [7, 11) is 0. The highest BCUT2D eigenvalue weighted by Crippen LogP contribution is 2.35. The third kappa shape index (κ3) is 2.72. The Balaban J connectivity index is 1.41. The summed E-state index contributed by atoms with van der Waals surface area (Å²) in [6, 6.07) is 0. The molecule has 2 fully saturated rings. The number of hydrogen-bond donors (Lipinski definition) is 0. The van der Waals surface area contributed by atoms with Crippen molar-refractivity contribution in [2.75, 3.05) is 31.1 Å². The van der Waals surface area contributed by atoms with Crippen LogP contribution in [0.4, 0.5) is 5.82 Å². The Morgan fingerprint density at radius 1 is 1.09 bits per heavy atom. The fourth-order valence-corrected chi connectivity index (χ4v) is 3.95. The first-order chi connectivity index (χ1) is 11.1. The molecular weight excluding hydrogens is 290 g/mol. The Kier molecular flexibility index (Phi) is 3.56. The Bertz CT molecular complexity index is 699. The summed E-state index contributed by atoms with van der Waals surface area (Å²) in [5, 5.41) is 0. The van der Waals surface area contributed by atoms with Crippen molar-refractivity contribution in [1.29, 1.82) is 0 Å². The summed E-state index contributed by atoms with van der Waals surface area (Å²) in [5.41, 5.74) is 3.33. The number of likely N-dealkylation sites (tertiary alicyclic amines) is 1. The number of anilines is 1. The molecule has 2 atom stereocenters. The van der Waals surface area contributed by atoms with E-state index in [1.807, 2.05) is 6.92 Å². The van der Waals surface area contributed by atoms with Crippen LogP contribution in [0, 0.1) is 32.6 Å². The maximum absolute atomic E-state index is 5.31. The average Bonchev–Trinajstić information content (AvgIpc) is 3.17. The van der Waals surface area contributed by atoms with E-state index < -0.39 is 0 Å². The molecule has 0 saturated carbocycles. The molecule has 23 heavy (non-hydrogen) atoms. The van der Waals surface area contributed by atoms with Gasteiger partial charge in [-0.05, 0) is 25.7 Å². The van der Waals surface area contributed by atoms with Crippen molar-refractivity contribution in [2.45, 2.75) is 27.3 Å². The number of fused-ring (bicyclic) bond motifs is 1. The van der Waals surface area contributed by atoms with E-state index in [4.69, 9.17) is 4.42 Å². The first-order valence-electron chi connectivity index (χ1n) is 8.26. The summed E-state index contributed by atoms with van der Waals surface area (Å²) >= 11 is 0. The summed E-state index contributed by atoms with van der Waals surface area (Å²) in [6.45, 7) is 11.4. The Hall–Kier alpha value is -1.95. The number of rotatable bonds is 3. The average molecular weight is 313 g/mol. The van der Waals surface area contributed by atoms with Gasteiger partial charge >= 0.3 is 0 Å². The third-order valence-electron chi connectivity index (χ3n) is 5.22. The van der Waals surface area contributed by atoms with Crippen LogP contribution in [-0.2, 0) is 6.54 Å². The van der Waals surface area contributed by atoms with Gasteiger partial charge in [0.1, 0.15) is 18.4 Å². The minimum absolute atomic E-state index is 0.720. The fourth-order valence-electron chi connectivity index (χ4n) is 3.95. The molecule has 6 heteroatoms. The van der Waals surface area contributed by atoms with Crippen LogP contribution in [0.1, 0.15) is 22.8 Å². The number of aromatic nitrogens is 3. The van der Waals surface area contributed by atoms with E-state index in [9.17, 15) is 0 Å². The highest BCUT2D eigenvalue weighted by atomic mass is 16.3. The van der Waals surface area contributed by atoms with Crippen LogP contribution in [0.3, 0.4) is 0 Å². The second-order valence-electron chi connectivity index (χ2n) is 6.88. The van der Waals surface area contributed by atoms with Crippen molar-refractivity contribution in [1.82, 2.24) is 19.9 Å². The van der Waals surface area contributed by atoms with Gasteiger partial charge in [-0.15, -0.1) is 0 Å². The van der Waals surface area contributed by atoms with E-state index in [-0.39, 0.29) is 0 Å². The van der Waals surface area contributed by atoms with Crippen molar-refractivity contribution < 1.29 is 4.42 Å². The fraction of sp³-hybridized carbons (Fsp3) is 0.588. The summed E-state index contributed by atoms with van der Waals surface area (Å²) in [6.07, 6.45) is 3.47. The standard InChI is InChI=1S/C17H23N5O/c1-11-12(2)18-10-19-17(11)22-6-14-4-21(5-15(14)7-22)8-16-9-23-13(3)20-16/h9-10,14-15H,4-8H2,1-3H3. The van der Waals surface area contributed by atoms with Gasteiger partial charge in [0, 0.05) is 50.9 Å². The molecule has 2 unspecified atom stereocenters. The molecule has 0 bridgehead atoms. The normalized spacial score (nSPS) is 24.4. The van der Waals surface area contributed by atoms with Crippen LogP contribution in [-0.4, -0.2) is 46.0 Å². The van der Waals surface area contributed by atoms with Crippen LogP contribution in [0.2, 0.25) is 0 Å². The van der Waals surface area contributed by atoms with E-state index in [1.165, 1.54) is 5.56 Å². The Morgan fingerprint density at radius 2 is 1.83 bits per heavy atom. The van der Waals surface area contributed by atoms with Gasteiger partial charge in [-0.2, -0.15) is 0 Å². The van der Waals surface area contributed by atoms with Crippen molar-refractivity contribution in [2.24, 2.45) is 11.8 Å². The minimum Gasteiger partial charge on any atom is -0.449 e. The summed E-state index contributed by atoms with van der Waals surface area (Å²) in [4.78, 5) is 18.2. The lowest BCUT2D eigenvalue weighted by Gasteiger charge is -2.23. The first-order valence-corrected chi connectivity index (χ1v) is 8.26. The van der Waals surface area contributed by atoms with E-state index >= 15 is 0 Å². The molecule has 2 aromatic rings. The SMILES string of the molecule is Cc1nc(CN2CC3CN(c4ncnc(C)c4C)CC3C2)co1. The van der Waals surface area contributed by atoms with Crippen molar-refractivity contribution in [3.63, 3.8) is 0 Å². The molecule has 0 aromatic carbocycles. The molecule has 0 aliphatic carbocycles. The number of oxazole rings is 1. The Labute approximate surface area is 136 Å². The number of hydrogen-bond acceptors (Lipinski definition) is 6. The predicted octanol–water partition coefficient (Wildman–Crippen LogP) is 1.96. The van der Waals surface area contributed by atoms with Crippen LogP contribution >= 0.6 is 0 Å². The lowest BCUT2D eigenvalue weighted by Crippen LogP contribution is -2.29. The van der Waals surface area contributed by atoms with E-state index in [0.717, 1.165) is 67.7 Å². The molecule has 122 valence electrons. The molecule has 2 saturated heterocycles. The van der Waals surface area contributed by atoms with Crippen LogP contribution < -0.4 is 4.90 Å². The maximum Gasteiger partial charge on any atom is 0.191 e. The van der Waals surface area contributed by atoms with E-state index in [1.54, 1.807) is 12.6 Å². The van der Waals surface area contributed by atoms with Crippen molar-refractivity contribution in [3.05, 3.63) is 35.4 Å². The molecule has 0 N–H and O–H groups in total. The van der Waals surface area contributed by atoms with Gasteiger partial charge < -0.3 is 9.32 Å². The van der Waals surface area contributed by atoms with Crippen molar-refractivity contribution in [3.8, 4) is 0 Å². The molecular formula is C17H23N5O. The van der Waals surface area contributed by atoms with Crippen LogP contribution in [0.5, 0.6) is 0 Å². The molecule has 2 aliphatic heterocycles. The quantitative estimate of drug-likeness (QED) is 0.863. The smallest absolute Gasteiger partial charge is 0.191 e. The second-order valence-corrected chi connectivity index (χ2v) is 6.88. The first kappa shape index (κ1) is 14.6. The summed E-state index contributed by atoms with van der Waals surface area (Å²) < 4.78 is 5.31. The number of nitrogens with zero attached hydrogens (tertiary/aromatic N) is 5.